The maximum absolute atomic E-state index is 12.2. The molecule has 24 heavy (non-hydrogen) atoms. The summed E-state index contributed by atoms with van der Waals surface area (Å²) in [4.78, 5) is 12.2. The first-order chi connectivity index (χ1) is 11.6. The minimum absolute atomic E-state index is 0.177. The van der Waals surface area contributed by atoms with Crippen LogP contribution in [0.3, 0.4) is 0 Å². The average molecular weight is 346 g/mol. The molecule has 0 unspecified atom stereocenters. The maximum atomic E-state index is 12.2. The van der Waals surface area contributed by atoms with Crippen LogP contribution in [0, 0.1) is 11.7 Å². The molecule has 3 heterocycles. The molecule has 0 fully saturated rings. The third-order valence-corrected chi connectivity index (χ3v) is 3.95. The number of rotatable bonds is 6. The number of hydrogen-bond acceptors (Lipinski definition) is 5. The molecule has 3 aromatic rings. The number of aromatic nitrogens is 3. The molecule has 0 aliphatic rings. The fourth-order valence-corrected chi connectivity index (χ4v) is 2.54. The third kappa shape index (κ3) is 3.33. The van der Waals surface area contributed by atoms with E-state index in [4.69, 9.17) is 21.1 Å². The highest BCUT2D eigenvalue weighted by atomic mass is 32.1. The topological polar surface area (TPSA) is 89.0 Å². The van der Waals surface area contributed by atoms with E-state index in [9.17, 15) is 4.79 Å². The number of carbonyl (C=O) groups is 1. The summed E-state index contributed by atoms with van der Waals surface area (Å²) in [6.45, 7) is 3.84. The Bertz CT molecular complexity index is 902. The standard InChI is InChI=1S/C16H18N4O3S/c1-3-11-4-5-12(23-11)6-7-14(21)19-20-15(17-18-16(20)24)13-8-9-22-10(13)2/h4-5,8-9H,3,6-7H2,1-2H3,(H,18,24)(H,19,21). The smallest absolute Gasteiger partial charge is 0.239 e. The number of hydrogen-bond donors (Lipinski definition) is 2. The maximum Gasteiger partial charge on any atom is 0.239 e. The van der Waals surface area contributed by atoms with Gasteiger partial charge in [-0.05, 0) is 37.3 Å². The van der Waals surface area contributed by atoms with Gasteiger partial charge in [-0.15, -0.1) is 0 Å². The molecule has 0 aliphatic carbocycles. The van der Waals surface area contributed by atoms with Crippen LogP contribution >= 0.6 is 12.2 Å². The minimum atomic E-state index is -0.177. The van der Waals surface area contributed by atoms with Crippen molar-refractivity contribution in [3.05, 3.63) is 46.5 Å². The van der Waals surface area contributed by atoms with Crippen molar-refractivity contribution in [2.24, 2.45) is 0 Å². The summed E-state index contributed by atoms with van der Waals surface area (Å²) >= 11 is 5.19. The molecule has 0 aliphatic heterocycles. The second kappa shape index (κ2) is 6.88. The fraction of sp³-hybridized carbons (Fsp3) is 0.312. The summed E-state index contributed by atoms with van der Waals surface area (Å²) in [6.07, 6.45) is 3.21. The highest BCUT2D eigenvalue weighted by Gasteiger charge is 2.15. The van der Waals surface area contributed by atoms with Crippen molar-refractivity contribution < 1.29 is 13.6 Å². The van der Waals surface area contributed by atoms with Gasteiger partial charge in [-0.1, -0.05) is 6.92 Å². The number of amides is 1. The molecule has 0 saturated heterocycles. The van der Waals surface area contributed by atoms with Crippen molar-refractivity contribution in [1.82, 2.24) is 14.9 Å². The van der Waals surface area contributed by atoms with E-state index in [-0.39, 0.29) is 12.3 Å². The van der Waals surface area contributed by atoms with Gasteiger partial charge in [0.1, 0.15) is 17.3 Å². The lowest BCUT2D eigenvalue weighted by molar-refractivity contribution is -0.117. The lowest BCUT2D eigenvalue weighted by Gasteiger charge is -2.07. The van der Waals surface area contributed by atoms with Crippen LogP contribution in [0.5, 0.6) is 0 Å². The van der Waals surface area contributed by atoms with E-state index in [0.717, 1.165) is 23.5 Å². The third-order valence-electron chi connectivity index (χ3n) is 3.67. The Labute approximate surface area is 143 Å². The second-order valence-corrected chi connectivity index (χ2v) is 5.72. The second-order valence-electron chi connectivity index (χ2n) is 5.33. The summed E-state index contributed by atoms with van der Waals surface area (Å²) in [5.41, 5.74) is 3.53. The molecule has 0 radical (unpaired) electrons. The number of nitrogens with one attached hydrogen (secondary N) is 2. The molecule has 0 saturated carbocycles. The van der Waals surface area contributed by atoms with Crippen molar-refractivity contribution in [1.29, 1.82) is 0 Å². The molecule has 1 amide bonds. The van der Waals surface area contributed by atoms with Crippen LogP contribution < -0.4 is 5.43 Å². The van der Waals surface area contributed by atoms with Crippen molar-refractivity contribution in [2.75, 3.05) is 5.43 Å². The zero-order valence-corrected chi connectivity index (χ0v) is 14.3. The van der Waals surface area contributed by atoms with E-state index in [1.54, 1.807) is 12.3 Å². The van der Waals surface area contributed by atoms with Crippen LogP contribution in [0.2, 0.25) is 0 Å². The quantitative estimate of drug-likeness (QED) is 0.668. The van der Waals surface area contributed by atoms with Crippen LogP contribution in [0.1, 0.15) is 30.6 Å². The molecule has 2 N–H and O–H groups in total. The molecule has 126 valence electrons. The van der Waals surface area contributed by atoms with E-state index in [0.29, 0.717) is 22.8 Å². The largest absolute Gasteiger partial charge is 0.469 e. The summed E-state index contributed by atoms with van der Waals surface area (Å²) in [5, 5.41) is 6.84. The predicted molar refractivity (Wildman–Crippen MR) is 90.6 cm³/mol. The highest BCUT2D eigenvalue weighted by Crippen LogP contribution is 2.21. The number of aryl methyl sites for hydroxylation is 3. The highest BCUT2D eigenvalue weighted by molar-refractivity contribution is 7.71. The predicted octanol–water partition coefficient (Wildman–Crippen LogP) is 3.37. The average Bonchev–Trinajstić information content (AvgIpc) is 3.27. The Hall–Kier alpha value is -2.61. The van der Waals surface area contributed by atoms with Crippen LogP contribution in [-0.2, 0) is 17.6 Å². The van der Waals surface area contributed by atoms with Gasteiger partial charge in [0.05, 0.1) is 11.8 Å². The zero-order chi connectivity index (χ0) is 17.1. The first-order valence-corrected chi connectivity index (χ1v) is 8.08. The number of H-pyrrole nitrogens is 1. The summed E-state index contributed by atoms with van der Waals surface area (Å²) in [7, 11) is 0. The van der Waals surface area contributed by atoms with Crippen molar-refractivity contribution in [3.63, 3.8) is 0 Å². The van der Waals surface area contributed by atoms with Gasteiger partial charge in [-0.2, -0.15) is 5.10 Å². The lowest BCUT2D eigenvalue weighted by Crippen LogP contribution is -2.24. The molecule has 0 aromatic carbocycles. The number of aromatic amines is 1. The minimum Gasteiger partial charge on any atom is -0.469 e. The SMILES string of the molecule is CCc1ccc(CCC(=O)Nn2c(-c3ccoc3C)n[nH]c2=S)o1. The zero-order valence-electron chi connectivity index (χ0n) is 13.5. The molecular formula is C16H18N4O3S. The Morgan fingerprint density at radius 2 is 2.17 bits per heavy atom. The van der Waals surface area contributed by atoms with Gasteiger partial charge in [0, 0.05) is 19.3 Å². The first kappa shape index (κ1) is 16.3. The van der Waals surface area contributed by atoms with Crippen molar-refractivity contribution in [2.45, 2.75) is 33.1 Å². The Morgan fingerprint density at radius 3 is 2.83 bits per heavy atom. The number of carbonyl (C=O) groups excluding carboxylic acids is 1. The van der Waals surface area contributed by atoms with Crippen LogP contribution in [0.25, 0.3) is 11.4 Å². The van der Waals surface area contributed by atoms with Gasteiger partial charge in [-0.25, -0.2) is 9.77 Å². The summed E-state index contributed by atoms with van der Waals surface area (Å²) in [5.74, 6) is 2.74. The van der Waals surface area contributed by atoms with Gasteiger partial charge in [0.25, 0.3) is 0 Å². The Kier molecular flexibility index (Phi) is 4.66. The normalized spacial score (nSPS) is 10.9. The molecule has 0 bridgehead atoms. The molecule has 0 atom stereocenters. The first-order valence-electron chi connectivity index (χ1n) is 7.67. The summed E-state index contributed by atoms with van der Waals surface area (Å²) < 4.78 is 12.6. The van der Waals surface area contributed by atoms with Gasteiger partial charge in [0.15, 0.2) is 5.82 Å². The van der Waals surface area contributed by atoms with Gasteiger partial charge < -0.3 is 8.83 Å². The van der Waals surface area contributed by atoms with Gasteiger partial charge in [0.2, 0.25) is 10.7 Å². The number of furan rings is 2. The van der Waals surface area contributed by atoms with Gasteiger partial charge in [-0.3, -0.25) is 10.2 Å². The van der Waals surface area contributed by atoms with E-state index < -0.39 is 0 Å². The molecule has 3 aromatic heterocycles. The molecule has 8 heteroatoms. The molecular weight excluding hydrogens is 328 g/mol. The van der Waals surface area contributed by atoms with Crippen LogP contribution in [-0.4, -0.2) is 20.8 Å². The van der Waals surface area contributed by atoms with E-state index in [1.165, 1.54) is 4.68 Å². The fourth-order valence-electron chi connectivity index (χ4n) is 2.36. The van der Waals surface area contributed by atoms with Crippen molar-refractivity contribution in [3.8, 4) is 11.4 Å². The molecule has 7 nitrogen and oxygen atoms in total. The van der Waals surface area contributed by atoms with Crippen LogP contribution in [0.4, 0.5) is 0 Å². The Morgan fingerprint density at radius 1 is 1.38 bits per heavy atom. The Balaban J connectivity index is 1.70. The molecule has 3 rings (SSSR count). The lowest BCUT2D eigenvalue weighted by atomic mass is 10.2. The van der Waals surface area contributed by atoms with Crippen molar-refractivity contribution >= 4 is 18.1 Å². The van der Waals surface area contributed by atoms with Gasteiger partial charge >= 0.3 is 0 Å². The van der Waals surface area contributed by atoms with Crippen LogP contribution in [0.15, 0.2) is 33.3 Å². The van der Waals surface area contributed by atoms with E-state index in [1.807, 2.05) is 26.0 Å². The molecule has 0 spiro atoms. The summed E-state index contributed by atoms with van der Waals surface area (Å²) in [6, 6.07) is 5.60. The van der Waals surface area contributed by atoms with E-state index in [2.05, 4.69) is 15.6 Å². The monoisotopic (exact) mass is 346 g/mol. The number of nitrogens with zero attached hydrogens (tertiary/aromatic N) is 2. The van der Waals surface area contributed by atoms with E-state index >= 15 is 0 Å².